The van der Waals surface area contributed by atoms with Crippen LogP contribution in [0.5, 0.6) is 5.75 Å². The number of hydrogen-bond donors (Lipinski definition) is 1. The Morgan fingerprint density at radius 2 is 1.42 bits per heavy atom. The Morgan fingerprint density at radius 1 is 0.861 bits per heavy atom. The lowest BCUT2D eigenvalue weighted by Crippen LogP contribution is -2.39. The molecular weight excluding hydrogens is 477 g/mol. The number of aromatic nitrogens is 4. The lowest BCUT2D eigenvalue weighted by molar-refractivity contribution is 0.323. The van der Waals surface area contributed by atoms with Gasteiger partial charge in [-0.3, -0.25) is 0 Å². The quantitative estimate of drug-likeness (QED) is 0.312. The molecule has 0 unspecified atom stereocenters. The van der Waals surface area contributed by atoms with E-state index in [0.717, 1.165) is 16.7 Å². The lowest BCUT2D eigenvalue weighted by Gasteiger charge is -2.34. The van der Waals surface area contributed by atoms with Crippen LogP contribution in [0, 0.1) is 5.82 Å². The minimum Gasteiger partial charge on any atom is -0.490 e. The molecule has 0 radical (unpaired) electrons. The molecule has 0 saturated heterocycles. The summed E-state index contributed by atoms with van der Waals surface area (Å²) in [5.74, 6) is -0.0615. The summed E-state index contributed by atoms with van der Waals surface area (Å²) in [6.45, 7) is 0.977. The van der Waals surface area contributed by atoms with E-state index in [1.54, 1.807) is 4.80 Å². The van der Waals surface area contributed by atoms with E-state index in [4.69, 9.17) is 21.4 Å². The molecule has 0 fully saturated rings. The summed E-state index contributed by atoms with van der Waals surface area (Å²) in [7, 11) is 0. The summed E-state index contributed by atoms with van der Waals surface area (Å²) in [4.78, 5) is 1.55. The summed E-state index contributed by atoms with van der Waals surface area (Å²) >= 11 is 6.22. The Balaban J connectivity index is 1.64. The van der Waals surface area contributed by atoms with Gasteiger partial charge < -0.3 is 10.1 Å². The summed E-state index contributed by atoms with van der Waals surface area (Å²) in [5.41, 5.74) is 2.43. The molecule has 178 valence electrons. The first-order valence-electron chi connectivity index (χ1n) is 11.6. The van der Waals surface area contributed by atoms with E-state index in [1.807, 2.05) is 91.0 Å². The van der Waals surface area contributed by atoms with Crippen molar-refractivity contribution in [3.8, 4) is 17.1 Å². The zero-order valence-corrected chi connectivity index (χ0v) is 19.9. The third kappa shape index (κ3) is 3.51. The maximum atomic E-state index is 15.4. The highest BCUT2D eigenvalue weighted by molar-refractivity contribution is 6.31. The van der Waals surface area contributed by atoms with Crippen LogP contribution < -0.4 is 10.1 Å². The molecule has 6 nitrogen and oxygen atoms in total. The van der Waals surface area contributed by atoms with Gasteiger partial charge in [0.15, 0.2) is 11.4 Å². The predicted molar refractivity (Wildman–Crippen MR) is 137 cm³/mol. The van der Waals surface area contributed by atoms with Crippen LogP contribution in [0.2, 0.25) is 5.02 Å². The van der Waals surface area contributed by atoms with Gasteiger partial charge in [0.25, 0.3) is 0 Å². The topological polar surface area (TPSA) is 64.9 Å². The van der Waals surface area contributed by atoms with Crippen LogP contribution in [-0.4, -0.2) is 33.4 Å². The molecule has 1 N–H and O–H groups in total. The van der Waals surface area contributed by atoms with E-state index in [9.17, 15) is 0 Å². The molecule has 8 heteroatoms. The SMILES string of the molecule is Fc1c(Cl)cc2c(c1-c1nnn(C(c3ccccc3)(c3ccccc3)c3ccccc3)n1)NCCO2. The van der Waals surface area contributed by atoms with Gasteiger partial charge in [0.2, 0.25) is 5.82 Å². The minimum atomic E-state index is -0.964. The van der Waals surface area contributed by atoms with Gasteiger partial charge in [0, 0.05) is 12.6 Å². The van der Waals surface area contributed by atoms with Crippen molar-refractivity contribution in [2.24, 2.45) is 0 Å². The van der Waals surface area contributed by atoms with Gasteiger partial charge in [0.1, 0.15) is 12.4 Å². The third-order valence-corrected chi connectivity index (χ3v) is 6.63. The highest BCUT2D eigenvalue weighted by Crippen LogP contribution is 2.43. The number of rotatable bonds is 5. The number of nitrogens with one attached hydrogen (secondary N) is 1. The van der Waals surface area contributed by atoms with E-state index in [2.05, 4.69) is 15.6 Å². The number of tetrazole rings is 1. The monoisotopic (exact) mass is 497 g/mol. The zero-order valence-electron chi connectivity index (χ0n) is 19.1. The molecule has 0 saturated carbocycles. The highest BCUT2D eigenvalue weighted by atomic mass is 35.5. The van der Waals surface area contributed by atoms with Crippen molar-refractivity contribution in [2.75, 3.05) is 18.5 Å². The Bertz CT molecular complexity index is 1410. The standard InChI is InChI=1S/C28H21ClFN5O/c29-22-18-23-26(31-16-17-36-23)24(25(22)30)27-32-34-35(33-27)28(19-10-4-1-5-11-19,20-12-6-2-7-13-20)21-14-8-3-9-15-21/h1-15,18,31H,16-17H2. The number of benzene rings is 4. The van der Waals surface area contributed by atoms with Crippen molar-refractivity contribution in [1.82, 2.24) is 20.2 Å². The largest absolute Gasteiger partial charge is 0.490 e. The molecular formula is C28H21ClFN5O. The second kappa shape index (κ2) is 9.09. The second-order valence-electron chi connectivity index (χ2n) is 8.41. The summed E-state index contributed by atoms with van der Waals surface area (Å²) in [6.07, 6.45) is 0. The number of nitrogens with zero attached hydrogens (tertiary/aromatic N) is 4. The molecule has 36 heavy (non-hydrogen) atoms. The molecule has 0 bridgehead atoms. The third-order valence-electron chi connectivity index (χ3n) is 6.36. The van der Waals surface area contributed by atoms with E-state index >= 15 is 4.39 Å². The lowest BCUT2D eigenvalue weighted by atomic mass is 9.77. The van der Waals surface area contributed by atoms with Gasteiger partial charge in [-0.25, -0.2) is 4.39 Å². The molecule has 4 aromatic carbocycles. The fourth-order valence-corrected chi connectivity index (χ4v) is 4.97. The second-order valence-corrected chi connectivity index (χ2v) is 8.81. The van der Waals surface area contributed by atoms with Crippen molar-refractivity contribution in [2.45, 2.75) is 5.54 Å². The van der Waals surface area contributed by atoms with E-state index in [-0.39, 0.29) is 16.4 Å². The van der Waals surface area contributed by atoms with Crippen LogP contribution in [-0.2, 0) is 5.54 Å². The Hall–Kier alpha value is -4.23. The molecule has 1 aromatic heterocycles. The van der Waals surface area contributed by atoms with Crippen molar-refractivity contribution in [3.05, 3.63) is 125 Å². The molecule has 2 heterocycles. The van der Waals surface area contributed by atoms with Crippen molar-refractivity contribution < 1.29 is 9.13 Å². The van der Waals surface area contributed by atoms with Crippen molar-refractivity contribution in [3.63, 3.8) is 0 Å². The molecule has 0 atom stereocenters. The van der Waals surface area contributed by atoms with Crippen LogP contribution in [0.1, 0.15) is 16.7 Å². The summed E-state index contributed by atoms with van der Waals surface area (Å²) in [5, 5.41) is 16.8. The average Bonchev–Trinajstić information content (AvgIpc) is 3.41. The van der Waals surface area contributed by atoms with Crippen LogP contribution in [0.4, 0.5) is 10.1 Å². The number of anilines is 1. The molecule has 0 spiro atoms. The highest BCUT2D eigenvalue weighted by Gasteiger charge is 2.41. The maximum absolute atomic E-state index is 15.4. The van der Waals surface area contributed by atoms with Crippen molar-refractivity contribution >= 4 is 17.3 Å². The molecule has 1 aliphatic rings. The average molecular weight is 498 g/mol. The Labute approximate surface area is 212 Å². The van der Waals surface area contributed by atoms with Gasteiger partial charge in [-0.2, -0.15) is 0 Å². The fraction of sp³-hybridized carbons (Fsp3) is 0.107. The first-order chi connectivity index (χ1) is 17.7. The normalized spacial score (nSPS) is 12.9. The predicted octanol–water partition coefficient (Wildman–Crippen LogP) is 5.78. The van der Waals surface area contributed by atoms with E-state index < -0.39 is 11.4 Å². The van der Waals surface area contributed by atoms with Crippen LogP contribution in [0.25, 0.3) is 11.4 Å². The number of ether oxygens (including phenoxy) is 1. The molecule has 1 aliphatic heterocycles. The smallest absolute Gasteiger partial charge is 0.210 e. The van der Waals surface area contributed by atoms with Crippen LogP contribution >= 0.6 is 11.6 Å². The van der Waals surface area contributed by atoms with Gasteiger partial charge in [-0.15, -0.1) is 15.0 Å². The number of fused-ring (bicyclic) bond motifs is 1. The minimum absolute atomic E-state index is 0.0655. The van der Waals surface area contributed by atoms with Gasteiger partial charge in [0.05, 0.1) is 16.3 Å². The molecule has 6 rings (SSSR count). The fourth-order valence-electron chi connectivity index (χ4n) is 4.78. The number of halogens is 2. The Morgan fingerprint density at radius 3 is 1.97 bits per heavy atom. The van der Waals surface area contributed by atoms with E-state index in [0.29, 0.717) is 24.6 Å². The Kier molecular flexibility index (Phi) is 5.62. The van der Waals surface area contributed by atoms with Crippen LogP contribution in [0.15, 0.2) is 97.1 Å². The van der Waals surface area contributed by atoms with Gasteiger partial charge >= 0.3 is 0 Å². The number of hydrogen-bond acceptors (Lipinski definition) is 5. The maximum Gasteiger partial charge on any atom is 0.210 e. The van der Waals surface area contributed by atoms with Gasteiger partial charge in [-0.05, 0) is 21.9 Å². The van der Waals surface area contributed by atoms with E-state index in [1.165, 1.54) is 6.07 Å². The zero-order chi connectivity index (χ0) is 24.5. The molecule has 0 aliphatic carbocycles. The summed E-state index contributed by atoms with van der Waals surface area (Å²) < 4.78 is 21.1. The molecule has 5 aromatic rings. The first kappa shape index (κ1) is 22.2. The van der Waals surface area contributed by atoms with Crippen LogP contribution in [0.3, 0.4) is 0 Å². The van der Waals surface area contributed by atoms with Gasteiger partial charge in [-0.1, -0.05) is 103 Å². The molecule has 0 amide bonds. The summed E-state index contributed by atoms with van der Waals surface area (Å²) in [6, 6.07) is 31.4. The first-order valence-corrected chi connectivity index (χ1v) is 11.9. The van der Waals surface area contributed by atoms with Crippen molar-refractivity contribution in [1.29, 1.82) is 0 Å².